The van der Waals surface area contributed by atoms with E-state index in [9.17, 15) is 5.11 Å². The van der Waals surface area contributed by atoms with Gasteiger partial charge in [-0.05, 0) is 19.1 Å². The van der Waals surface area contributed by atoms with Crippen molar-refractivity contribution in [2.75, 3.05) is 6.61 Å². The van der Waals surface area contributed by atoms with Gasteiger partial charge < -0.3 is 20.7 Å². The third-order valence-corrected chi connectivity index (χ3v) is 3.00. The molecule has 0 heterocycles. The van der Waals surface area contributed by atoms with Crippen LogP contribution in [0.2, 0.25) is 5.02 Å². The third-order valence-electron chi connectivity index (χ3n) is 2.70. The van der Waals surface area contributed by atoms with Crippen LogP contribution >= 0.6 is 11.6 Å². The van der Waals surface area contributed by atoms with Gasteiger partial charge in [0.2, 0.25) is 0 Å². The van der Waals surface area contributed by atoms with E-state index in [0.29, 0.717) is 28.8 Å². The zero-order valence-corrected chi connectivity index (χ0v) is 11.7. The molecule has 104 valence electrons. The van der Waals surface area contributed by atoms with Crippen LogP contribution in [-0.4, -0.2) is 28.8 Å². The summed E-state index contributed by atoms with van der Waals surface area (Å²) in [6.45, 7) is 2.29. The number of hydrogen-bond acceptors (Lipinski definition) is 5. The number of nitrogens with zero attached hydrogens (tertiary/aromatic N) is 1. The van der Waals surface area contributed by atoms with E-state index in [1.807, 2.05) is 6.92 Å². The van der Waals surface area contributed by atoms with Crippen molar-refractivity contribution in [3.8, 4) is 5.75 Å². The summed E-state index contributed by atoms with van der Waals surface area (Å²) < 4.78 is 5.35. The zero-order chi connectivity index (χ0) is 14.7. The summed E-state index contributed by atoms with van der Waals surface area (Å²) in [7, 11) is 0. The Labute approximate surface area is 121 Å². The highest BCUT2D eigenvalue weighted by molar-refractivity contribution is 6.51. The van der Waals surface area contributed by atoms with Crippen LogP contribution in [0.4, 0.5) is 5.69 Å². The average Bonchev–Trinajstić information content (AvgIpc) is 2.38. The fourth-order valence-electron chi connectivity index (χ4n) is 1.75. The van der Waals surface area contributed by atoms with E-state index in [-0.39, 0.29) is 23.6 Å². The average molecular weight is 292 g/mol. The van der Waals surface area contributed by atoms with Gasteiger partial charge in [-0.1, -0.05) is 11.6 Å². The molecule has 1 aliphatic carbocycles. The Morgan fingerprint density at radius 1 is 1.35 bits per heavy atom. The van der Waals surface area contributed by atoms with Crippen molar-refractivity contribution in [2.24, 2.45) is 4.99 Å². The fourth-order valence-corrected chi connectivity index (χ4v) is 1.97. The molecule has 2 rings (SSSR count). The fraction of sp³-hybridized carbons (Fsp3) is 0.214. The van der Waals surface area contributed by atoms with Crippen molar-refractivity contribution < 1.29 is 9.84 Å². The molecule has 20 heavy (non-hydrogen) atoms. The van der Waals surface area contributed by atoms with E-state index in [4.69, 9.17) is 27.2 Å². The lowest BCUT2D eigenvalue weighted by molar-refractivity contribution is 0.249. The van der Waals surface area contributed by atoms with Crippen LogP contribution in [-0.2, 0) is 4.74 Å². The topological polar surface area (TPSA) is 89.5 Å². The molecule has 0 bridgehead atoms. The van der Waals surface area contributed by atoms with E-state index in [0.717, 1.165) is 0 Å². The first-order valence-electron chi connectivity index (χ1n) is 6.08. The van der Waals surface area contributed by atoms with Crippen LogP contribution in [0.5, 0.6) is 5.75 Å². The number of nitrogens with one attached hydrogen (secondary N) is 2. The number of aromatic hydroxyl groups is 1. The van der Waals surface area contributed by atoms with Gasteiger partial charge in [-0.15, -0.1) is 0 Å². The molecule has 0 aliphatic heterocycles. The van der Waals surface area contributed by atoms with Crippen molar-refractivity contribution in [3.05, 3.63) is 35.1 Å². The highest BCUT2D eigenvalue weighted by Crippen LogP contribution is 2.29. The van der Waals surface area contributed by atoms with Gasteiger partial charge in [0.05, 0.1) is 34.5 Å². The van der Waals surface area contributed by atoms with Crippen molar-refractivity contribution in [2.45, 2.75) is 13.3 Å². The molecule has 6 heteroatoms. The minimum atomic E-state index is 0.0602. The summed E-state index contributed by atoms with van der Waals surface area (Å²) in [5.41, 5.74) is 1.39. The summed E-state index contributed by atoms with van der Waals surface area (Å²) in [6.07, 6.45) is 1.75. The predicted molar refractivity (Wildman–Crippen MR) is 80.0 cm³/mol. The first-order valence-corrected chi connectivity index (χ1v) is 6.46. The Bertz CT molecular complexity index is 635. The monoisotopic (exact) mass is 291 g/mol. The van der Waals surface area contributed by atoms with E-state index >= 15 is 0 Å². The molecule has 3 N–H and O–H groups in total. The summed E-state index contributed by atoms with van der Waals surface area (Å²) >= 11 is 5.99. The number of phenolic OH excluding ortho intramolecular Hbond substituents is 1. The van der Waals surface area contributed by atoms with E-state index in [1.54, 1.807) is 12.1 Å². The normalized spacial score (nSPS) is 17.3. The van der Waals surface area contributed by atoms with Gasteiger partial charge in [-0.3, -0.25) is 0 Å². The first kappa shape index (κ1) is 14.3. The number of allylic oxidation sites excluding steroid dienone is 2. The highest BCUT2D eigenvalue weighted by Gasteiger charge is 2.20. The van der Waals surface area contributed by atoms with E-state index in [2.05, 4.69) is 4.99 Å². The van der Waals surface area contributed by atoms with Gasteiger partial charge in [0, 0.05) is 18.6 Å². The molecular formula is C14H14ClN3O2. The minimum Gasteiger partial charge on any atom is -0.508 e. The molecule has 0 saturated heterocycles. The Hall–Kier alpha value is -2.14. The SMILES string of the molecule is CCOC1=CC(=Nc2ccc(O)cc2Cl)C(=N)CC1=N. The number of ether oxygens (including phenoxy) is 1. The third kappa shape index (κ3) is 3.05. The number of benzene rings is 1. The molecule has 1 aromatic rings. The Balaban J connectivity index is 2.41. The Morgan fingerprint density at radius 3 is 2.75 bits per heavy atom. The zero-order valence-electron chi connectivity index (χ0n) is 10.9. The lowest BCUT2D eigenvalue weighted by Crippen LogP contribution is -2.24. The number of aliphatic imine (C=N–C) groups is 1. The summed E-state index contributed by atoms with van der Waals surface area (Å²) in [6, 6.07) is 4.45. The summed E-state index contributed by atoms with van der Waals surface area (Å²) in [5.74, 6) is 0.488. The maximum absolute atomic E-state index is 9.31. The smallest absolute Gasteiger partial charge is 0.142 e. The lowest BCUT2D eigenvalue weighted by atomic mass is 10.00. The number of phenols is 1. The van der Waals surface area contributed by atoms with E-state index in [1.165, 1.54) is 12.1 Å². The summed E-state index contributed by atoms with van der Waals surface area (Å²) in [4.78, 5) is 4.30. The Morgan fingerprint density at radius 2 is 2.10 bits per heavy atom. The molecular weight excluding hydrogens is 278 g/mol. The molecule has 0 amide bonds. The van der Waals surface area contributed by atoms with Gasteiger partial charge in [0.15, 0.2) is 0 Å². The molecule has 1 aliphatic rings. The van der Waals surface area contributed by atoms with Crippen molar-refractivity contribution in [3.63, 3.8) is 0 Å². The molecule has 0 fully saturated rings. The van der Waals surface area contributed by atoms with Gasteiger partial charge in [0.1, 0.15) is 11.5 Å². The molecule has 0 saturated carbocycles. The summed E-state index contributed by atoms with van der Waals surface area (Å²) in [5, 5.41) is 25.3. The number of rotatable bonds is 3. The second kappa shape index (κ2) is 5.88. The lowest BCUT2D eigenvalue weighted by Gasteiger charge is -2.17. The molecule has 0 spiro atoms. The largest absolute Gasteiger partial charge is 0.508 e. The van der Waals surface area contributed by atoms with Crippen molar-refractivity contribution in [1.82, 2.24) is 0 Å². The van der Waals surface area contributed by atoms with Crippen LogP contribution < -0.4 is 0 Å². The molecule has 0 aromatic heterocycles. The van der Waals surface area contributed by atoms with Gasteiger partial charge in [-0.25, -0.2) is 4.99 Å². The maximum Gasteiger partial charge on any atom is 0.142 e. The standard InChI is InChI=1S/C14H14ClN3O2/c1-2-20-14-7-13(10(16)6-11(14)17)18-12-4-3-8(19)5-9(12)15/h3-5,7,16-17,19H,2,6H2,1H3. The quantitative estimate of drug-likeness (QED) is 0.796. The minimum absolute atomic E-state index is 0.0602. The Kier molecular flexibility index (Phi) is 4.20. The van der Waals surface area contributed by atoms with Crippen LogP contribution in [0.3, 0.4) is 0 Å². The van der Waals surface area contributed by atoms with Gasteiger partial charge in [0.25, 0.3) is 0 Å². The van der Waals surface area contributed by atoms with Gasteiger partial charge >= 0.3 is 0 Å². The van der Waals surface area contributed by atoms with Crippen LogP contribution in [0, 0.1) is 10.8 Å². The highest BCUT2D eigenvalue weighted by atomic mass is 35.5. The molecule has 0 unspecified atom stereocenters. The number of hydrogen-bond donors (Lipinski definition) is 3. The predicted octanol–water partition coefficient (Wildman–Crippen LogP) is 3.48. The first-order chi connectivity index (χ1) is 9.51. The number of halogens is 1. The molecule has 0 atom stereocenters. The second-order valence-electron chi connectivity index (χ2n) is 4.21. The molecule has 0 radical (unpaired) electrons. The molecule has 5 nitrogen and oxygen atoms in total. The van der Waals surface area contributed by atoms with Crippen molar-refractivity contribution in [1.29, 1.82) is 10.8 Å². The van der Waals surface area contributed by atoms with Crippen LogP contribution in [0.1, 0.15) is 13.3 Å². The van der Waals surface area contributed by atoms with Crippen LogP contribution in [0.25, 0.3) is 0 Å². The molecule has 1 aromatic carbocycles. The van der Waals surface area contributed by atoms with Crippen molar-refractivity contribution >= 4 is 34.4 Å². The maximum atomic E-state index is 9.31. The second-order valence-corrected chi connectivity index (χ2v) is 4.62. The van der Waals surface area contributed by atoms with Crippen LogP contribution in [0.15, 0.2) is 35.0 Å². The van der Waals surface area contributed by atoms with Gasteiger partial charge in [-0.2, -0.15) is 0 Å². The van der Waals surface area contributed by atoms with E-state index < -0.39 is 0 Å².